The fraction of sp³-hybridized carbons (Fsp3) is 0.154. The smallest absolute Gasteiger partial charge is 0.325 e. The molecule has 0 radical (unpaired) electrons. The number of carbonyl (C=O) groups is 1. The van der Waals surface area contributed by atoms with Crippen molar-refractivity contribution in [1.82, 2.24) is 0 Å². The number of rotatable bonds is 3. The van der Waals surface area contributed by atoms with Gasteiger partial charge in [0.2, 0.25) is 0 Å². The summed E-state index contributed by atoms with van der Waals surface area (Å²) in [6.07, 6.45) is 0. The third-order valence-electron chi connectivity index (χ3n) is 2.47. The Morgan fingerprint density at radius 2 is 1.94 bits per heavy atom. The first-order valence-corrected chi connectivity index (χ1v) is 5.98. The molecule has 1 N–H and O–H groups in total. The van der Waals surface area contributed by atoms with E-state index < -0.39 is 0 Å². The second kappa shape index (κ2) is 5.19. The van der Waals surface area contributed by atoms with Crippen LogP contribution in [0.1, 0.15) is 0 Å². The van der Waals surface area contributed by atoms with Gasteiger partial charge >= 0.3 is 5.97 Å². The number of fused-ring (bicyclic) bond motifs is 1. The highest BCUT2D eigenvalue weighted by Crippen LogP contribution is 2.22. The predicted molar refractivity (Wildman–Crippen MR) is 72.2 cm³/mol. The highest BCUT2D eigenvalue weighted by Gasteiger charge is 2.01. The Hall–Kier alpha value is -1.55. The van der Waals surface area contributed by atoms with E-state index in [4.69, 9.17) is 0 Å². The van der Waals surface area contributed by atoms with Crippen LogP contribution in [0.3, 0.4) is 0 Å². The van der Waals surface area contributed by atoms with Crippen LogP contribution in [0.25, 0.3) is 10.8 Å². The Kier molecular flexibility index (Phi) is 3.64. The van der Waals surface area contributed by atoms with Gasteiger partial charge in [-0.05, 0) is 35.0 Å². The van der Waals surface area contributed by atoms with Crippen molar-refractivity contribution in [1.29, 1.82) is 0 Å². The van der Waals surface area contributed by atoms with Gasteiger partial charge in [-0.15, -0.1) is 0 Å². The molecule has 0 atom stereocenters. The molecule has 2 aromatic rings. The van der Waals surface area contributed by atoms with E-state index in [1.165, 1.54) is 7.11 Å². The van der Waals surface area contributed by atoms with Crippen LogP contribution >= 0.6 is 15.9 Å². The van der Waals surface area contributed by atoms with Crippen LogP contribution < -0.4 is 5.32 Å². The van der Waals surface area contributed by atoms with Crippen molar-refractivity contribution >= 4 is 38.4 Å². The molecule has 0 aliphatic heterocycles. The highest BCUT2D eigenvalue weighted by molar-refractivity contribution is 9.10. The van der Waals surface area contributed by atoms with Crippen LogP contribution in [0.5, 0.6) is 0 Å². The summed E-state index contributed by atoms with van der Waals surface area (Å²) in [4.78, 5) is 11.0. The molecular formula is C13H12BrNO2. The second-order valence-electron chi connectivity index (χ2n) is 3.64. The SMILES string of the molecule is COC(=O)CNc1ccc2cc(Br)ccc2c1. The van der Waals surface area contributed by atoms with Crippen molar-refractivity contribution in [2.24, 2.45) is 0 Å². The Morgan fingerprint density at radius 1 is 1.24 bits per heavy atom. The number of hydrogen-bond donors (Lipinski definition) is 1. The lowest BCUT2D eigenvalue weighted by atomic mass is 10.1. The molecule has 0 bridgehead atoms. The van der Waals surface area contributed by atoms with Crippen molar-refractivity contribution in [3.8, 4) is 0 Å². The number of esters is 1. The number of halogens is 1. The molecule has 0 spiro atoms. The lowest BCUT2D eigenvalue weighted by molar-refractivity contribution is -0.138. The van der Waals surface area contributed by atoms with Crippen LogP contribution in [-0.2, 0) is 9.53 Å². The first kappa shape index (κ1) is 11.9. The number of hydrogen-bond acceptors (Lipinski definition) is 3. The first-order chi connectivity index (χ1) is 8.19. The molecule has 0 unspecified atom stereocenters. The monoisotopic (exact) mass is 293 g/mol. The largest absolute Gasteiger partial charge is 0.468 e. The molecule has 17 heavy (non-hydrogen) atoms. The second-order valence-corrected chi connectivity index (χ2v) is 4.55. The summed E-state index contributed by atoms with van der Waals surface area (Å²) in [5.41, 5.74) is 0.908. The minimum Gasteiger partial charge on any atom is -0.468 e. The predicted octanol–water partition coefficient (Wildman–Crippen LogP) is 3.19. The number of anilines is 1. The summed E-state index contributed by atoms with van der Waals surface area (Å²) >= 11 is 3.43. The van der Waals surface area contributed by atoms with Crippen molar-refractivity contribution in [2.45, 2.75) is 0 Å². The van der Waals surface area contributed by atoms with Crippen LogP contribution in [0.4, 0.5) is 5.69 Å². The third kappa shape index (κ3) is 2.97. The van der Waals surface area contributed by atoms with Gasteiger partial charge in [-0.1, -0.05) is 28.1 Å². The van der Waals surface area contributed by atoms with Gasteiger partial charge in [-0.25, -0.2) is 0 Å². The zero-order chi connectivity index (χ0) is 12.3. The van der Waals surface area contributed by atoms with Crippen molar-refractivity contribution in [3.63, 3.8) is 0 Å². The van der Waals surface area contributed by atoms with E-state index in [2.05, 4.69) is 32.0 Å². The lowest BCUT2D eigenvalue weighted by Gasteiger charge is -2.06. The highest BCUT2D eigenvalue weighted by atomic mass is 79.9. The fourth-order valence-electron chi connectivity index (χ4n) is 1.57. The molecule has 0 aromatic heterocycles. The van der Waals surface area contributed by atoms with E-state index >= 15 is 0 Å². The Morgan fingerprint density at radius 3 is 2.71 bits per heavy atom. The molecule has 2 rings (SSSR count). The summed E-state index contributed by atoms with van der Waals surface area (Å²) in [5, 5.41) is 5.30. The first-order valence-electron chi connectivity index (χ1n) is 5.19. The van der Waals surface area contributed by atoms with Crippen LogP contribution in [-0.4, -0.2) is 19.6 Å². The number of carbonyl (C=O) groups excluding carboxylic acids is 1. The summed E-state index contributed by atoms with van der Waals surface area (Å²) in [6, 6.07) is 12.0. The van der Waals surface area contributed by atoms with Crippen LogP contribution in [0.15, 0.2) is 40.9 Å². The van der Waals surface area contributed by atoms with Crippen molar-refractivity contribution < 1.29 is 9.53 Å². The normalized spacial score (nSPS) is 10.2. The van der Waals surface area contributed by atoms with Crippen molar-refractivity contribution in [3.05, 3.63) is 40.9 Å². The van der Waals surface area contributed by atoms with Gasteiger partial charge < -0.3 is 10.1 Å². The standard InChI is InChI=1S/C13H12BrNO2/c1-17-13(16)8-15-12-5-3-9-6-11(14)4-2-10(9)7-12/h2-7,15H,8H2,1H3. The maximum atomic E-state index is 11.0. The fourth-order valence-corrected chi connectivity index (χ4v) is 1.95. The molecule has 0 aliphatic rings. The van der Waals surface area contributed by atoms with E-state index in [0.29, 0.717) is 0 Å². The number of ether oxygens (including phenoxy) is 1. The van der Waals surface area contributed by atoms with E-state index in [1.54, 1.807) is 0 Å². The summed E-state index contributed by atoms with van der Waals surface area (Å²) < 4.78 is 5.62. The van der Waals surface area contributed by atoms with E-state index in [1.807, 2.05) is 30.3 Å². The van der Waals surface area contributed by atoms with Gasteiger partial charge in [-0.2, -0.15) is 0 Å². The Bertz CT molecular complexity index is 554. The number of methoxy groups -OCH3 is 1. The summed E-state index contributed by atoms with van der Waals surface area (Å²) in [7, 11) is 1.38. The molecule has 0 aliphatic carbocycles. The molecule has 3 nitrogen and oxygen atoms in total. The summed E-state index contributed by atoms with van der Waals surface area (Å²) in [5.74, 6) is -0.277. The third-order valence-corrected chi connectivity index (χ3v) is 2.96. The van der Waals surface area contributed by atoms with Gasteiger partial charge in [0.1, 0.15) is 6.54 Å². The number of benzene rings is 2. The average molecular weight is 294 g/mol. The van der Waals surface area contributed by atoms with Crippen LogP contribution in [0, 0.1) is 0 Å². The van der Waals surface area contributed by atoms with Crippen LogP contribution in [0.2, 0.25) is 0 Å². The minimum absolute atomic E-state index is 0.179. The molecule has 2 aromatic carbocycles. The minimum atomic E-state index is -0.277. The van der Waals surface area contributed by atoms with Gasteiger partial charge in [0.25, 0.3) is 0 Å². The van der Waals surface area contributed by atoms with Gasteiger partial charge in [0, 0.05) is 10.2 Å². The lowest BCUT2D eigenvalue weighted by Crippen LogP contribution is -2.14. The summed E-state index contributed by atoms with van der Waals surface area (Å²) in [6.45, 7) is 0.179. The van der Waals surface area contributed by atoms with Gasteiger partial charge in [0.05, 0.1) is 7.11 Å². The molecule has 0 saturated heterocycles. The van der Waals surface area contributed by atoms with E-state index in [9.17, 15) is 4.79 Å². The zero-order valence-corrected chi connectivity index (χ0v) is 11.0. The molecule has 88 valence electrons. The molecule has 0 amide bonds. The topological polar surface area (TPSA) is 38.3 Å². The molecular weight excluding hydrogens is 282 g/mol. The zero-order valence-electron chi connectivity index (χ0n) is 9.37. The maximum Gasteiger partial charge on any atom is 0.325 e. The molecule has 4 heteroatoms. The molecule has 0 heterocycles. The number of nitrogens with one attached hydrogen (secondary N) is 1. The Balaban J connectivity index is 2.20. The van der Waals surface area contributed by atoms with Gasteiger partial charge in [0.15, 0.2) is 0 Å². The average Bonchev–Trinajstić information content (AvgIpc) is 2.35. The molecule has 0 saturated carbocycles. The molecule has 0 fully saturated rings. The quantitative estimate of drug-likeness (QED) is 0.884. The van der Waals surface area contributed by atoms with Crippen molar-refractivity contribution in [2.75, 3.05) is 19.0 Å². The Labute approximate surface area is 108 Å². The van der Waals surface area contributed by atoms with E-state index in [-0.39, 0.29) is 12.5 Å². The van der Waals surface area contributed by atoms with Gasteiger partial charge in [-0.3, -0.25) is 4.79 Å². The maximum absolute atomic E-state index is 11.0. The van der Waals surface area contributed by atoms with E-state index in [0.717, 1.165) is 20.9 Å².